The Bertz CT molecular complexity index is 531. The minimum absolute atomic E-state index is 0.172. The molecule has 2 heteroatoms. The summed E-state index contributed by atoms with van der Waals surface area (Å²) in [5.74, 6) is 1.76. The first-order valence-electron chi connectivity index (χ1n) is 7.33. The van der Waals surface area contributed by atoms with E-state index in [0.29, 0.717) is 6.61 Å². The third-order valence-corrected chi connectivity index (χ3v) is 3.84. The summed E-state index contributed by atoms with van der Waals surface area (Å²) in [6.45, 7) is 0.605. The van der Waals surface area contributed by atoms with Gasteiger partial charge in [0, 0.05) is 6.04 Å². The van der Waals surface area contributed by atoms with Crippen molar-refractivity contribution in [3.05, 3.63) is 65.7 Å². The fourth-order valence-corrected chi connectivity index (χ4v) is 2.40. The maximum atomic E-state index is 6.21. The van der Waals surface area contributed by atoms with Crippen LogP contribution in [0.4, 0.5) is 0 Å². The van der Waals surface area contributed by atoms with Gasteiger partial charge < -0.3 is 10.5 Å². The van der Waals surface area contributed by atoms with E-state index in [9.17, 15) is 0 Å². The van der Waals surface area contributed by atoms with Gasteiger partial charge in [-0.25, -0.2) is 0 Å². The molecular formula is C18H21NO. The van der Waals surface area contributed by atoms with Gasteiger partial charge in [0.2, 0.25) is 0 Å². The van der Waals surface area contributed by atoms with Gasteiger partial charge in [0.15, 0.2) is 0 Å². The van der Waals surface area contributed by atoms with Crippen LogP contribution in [0.15, 0.2) is 54.6 Å². The van der Waals surface area contributed by atoms with E-state index < -0.39 is 0 Å². The average Bonchev–Trinajstić information content (AvgIpc) is 3.31. The van der Waals surface area contributed by atoms with Crippen LogP contribution in [-0.4, -0.2) is 0 Å². The highest BCUT2D eigenvalue weighted by Crippen LogP contribution is 2.36. The number of benzene rings is 2. The molecule has 1 aliphatic carbocycles. The van der Waals surface area contributed by atoms with Crippen LogP contribution in [0.1, 0.15) is 36.4 Å². The fourth-order valence-electron chi connectivity index (χ4n) is 2.40. The van der Waals surface area contributed by atoms with Crippen LogP contribution in [0.2, 0.25) is 0 Å². The molecule has 1 fully saturated rings. The molecule has 0 radical (unpaired) electrons. The van der Waals surface area contributed by atoms with Crippen molar-refractivity contribution in [3.8, 4) is 5.75 Å². The second kappa shape index (κ2) is 6.10. The van der Waals surface area contributed by atoms with Crippen molar-refractivity contribution in [3.63, 3.8) is 0 Å². The van der Waals surface area contributed by atoms with E-state index in [2.05, 4.69) is 24.3 Å². The van der Waals surface area contributed by atoms with Gasteiger partial charge in [-0.05, 0) is 35.6 Å². The summed E-state index contributed by atoms with van der Waals surface area (Å²) in [5.41, 5.74) is 8.60. The van der Waals surface area contributed by atoms with Crippen LogP contribution in [-0.2, 0) is 6.61 Å². The lowest BCUT2D eigenvalue weighted by Gasteiger charge is -2.12. The summed E-state index contributed by atoms with van der Waals surface area (Å²) < 4.78 is 5.78. The monoisotopic (exact) mass is 267 g/mol. The Hall–Kier alpha value is -1.80. The summed E-state index contributed by atoms with van der Waals surface area (Å²) in [6.07, 6.45) is 3.82. The Morgan fingerprint density at radius 2 is 1.70 bits per heavy atom. The van der Waals surface area contributed by atoms with Crippen LogP contribution in [0.5, 0.6) is 5.75 Å². The van der Waals surface area contributed by atoms with E-state index >= 15 is 0 Å². The van der Waals surface area contributed by atoms with Crippen molar-refractivity contribution < 1.29 is 4.74 Å². The van der Waals surface area contributed by atoms with E-state index in [0.717, 1.165) is 18.1 Å². The molecule has 20 heavy (non-hydrogen) atoms. The van der Waals surface area contributed by atoms with Gasteiger partial charge in [0.25, 0.3) is 0 Å². The molecule has 104 valence electrons. The maximum Gasteiger partial charge on any atom is 0.119 e. The lowest BCUT2D eigenvalue weighted by Crippen LogP contribution is -2.10. The molecule has 0 heterocycles. The van der Waals surface area contributed by atoms with E-state index in [1.807, 2.05) is 30.3 Å². The van der Waals surface area contributed by atoms with Crippen LogP contribution in [0.3, 0.4) is 0 Å². The molecule has 0 aliphatic heterocycles. The molecule has 1 aliphatic rings. The van der Waals surface area contributed by atoms with Gasteiger partial charge in [-0.1, -0.05) is 55.3 Å². The standard InChI is InChI=1S/C18H21NO/c19-18(12-14-6-7-14)16-8-10-17(11-9-16)20-13-15-4-2-1-3-5-15/h1-5,8-11,14,18H,6-7,12-13,19H2/t18-/m0/s1. The molecule has 2 aromatic rings. The smallest absolute Gasteiger partial charge is 0.119 e. The molecule has 0 bridgehead atoms. The molecule has 0 saturated heterocycles. The summed E-state index contributed by atoms with van der Waals surface area (Å²) in [6, 6.07) is 18.6. The zero-order valence-corrected chi connectivity index (χ0v) is 11.7. The third-order valence-electron chi connectivity index (χ3n) is 3.84. The van der Waals surface area contributed by atoms with Gasteiger partial charge in [-0.3, -0.25) is 0 Å². The highest BCUT2D eigenvalue weighted by Gasteiger charge is 2.24. The Labute approximate surface area is 120 Å². The van der Waals surface area contributed by atoms with Crippen LogP contribution < -0.4 is 10.5 Å². The van der Waals surface area contributed by atoms with Gasteiger partial charge in [-0.2, -0.15) is 0 Å². The van der Waals surface area contributed by atoms with Crippen molar-refractivity contribution in [2.24, 2.45) is 11.7 Å². The third kappa shape index (κ3) is 3.61. The Balaban J connectivity index is 1.55. The molecule has 1 atom stereocenters. The lowest BCUT2D eigenvalue weighted by molar-refractivity contribution is 0.306. The summed E-state index contributed by atoms with van der Waals surface area (Å²) >= 11 is 0. The molecule has 0 aromatic heterocycles. The largest absolute Gasteiger partial charge is 0.489 e. The van der Waals surface area contributed by atoms with E-state index in [1.165, 1.54) is 24.0 Å². The number of hydrogen-bond acceptors (Lipinski definition) is 2. The molecule has 2 aromatic carbocycles. The first-order chi connectivity index (χ1) is 9.81. The molecular weight excluding hydrogens is 246 g/mol. The highest BCUT2D eigenvalue weighted by atomic mass is 16.5. The molecule has 1 saturated carbocycles. The van der Waals surface area contributed by atoms with E-state index in [1.54, 1.807) is 0 Å². The maximum absolute atomic E-state index is 6.21. The second-order valence-electron chi connectivity index (χ2n) is 5.63. The van der Waals surface area contributed by atoms with Crippen molar-refractivity contribution in [2.45, 2.75) is 31.9 Å². The summed E-state index contributed by atoms with van der Waals surface area (Å²) in [7, 11) is 0. The number of nitrogens with two attached hydrogens (primary N) is 1. The average molecular weight is 267 g/mol. The van der Waals surface area contributed by atoms with Gasteiger partial charge in [0.05, 0.1) is 0 Å². The van der Waals surface area contributed by atoms with Crippen molar-refractivity contribution >= 4 is 0 Å². The number of ether oxygens (including phenoxy) is 1. The summed E-state index contributed by atoms with van der Waals surface area (Å²) in [4.78, 5) is 0. The van der Waals surface area contributed by atoms with Crippen LogP contribution >= 0.6 is 0 Å². The van der Waals surface area contributed by atoms with Crippen LogP contribution in [0, 0.1) is 5.92 Å². The zero-order chi connectivity index (χ0) is 13.8. The molecule has 2 N–H and O–H groups in total. The topological polar surface area (TPSA) is 35.2 Å². The van der Waals surface area contributed by atoms with Crippen molar-refractivity contribution in [2.75, 3.05) is 0 Å². The molecule has 2 nitrogen and oxygen atoms in total. The van der Waals surface area contributed by atoms with E-state index in [-0.39, 0.29) is 6.04 Å². The first kappa shape index (κ1) is 13.2. The van der Waals surface area contributed by atoms with Gasteiger partial charge in [0.1, 0.15) is 12.4 Å². The predicted molar refractivity (Wildman–Crippen MR) is 81.5 cm³/mol. The fraction of sp³-hybridized carbons (Fsp3) is 0.333. The normalized spacial score (nSPS) is 15.8. The first-order valence-corrected chi connectivity index (χ1v) is 7.33. The quantitative estimate of drug-likeness (QED) is 0.856. The predicted octanol–water partition coefficient (Wildman–Crippen LogP) is 4.07. The van der Waals surface area contributed by atoms with Gasteiger partial charge in [-0.15, -0.1) is 0 Å². The van der Waals surface area contributed by atoms with Gasteiger partial charge >= 0.3 is 0 Å². The second-order valence-corrected chi connectivity index (χ2v) is 5.63. The summed E-state index contributed by atoms with van der Waals surface area (Å²) in [5, 5.41) is 0. The molecule has 0 unspecified atom stereocenters. The zero-order valence-electron chi connectivity index (χ0n) is 11.7. The minimum atomic E-state index is 0.172. The molecule has 3 rings (SSSR count). The number of hydrogen-bond donors (Lipinski definition) is 1. The minimum Gasteiger partial charge on any atom is -0.489 e. The van der Waals surface area contributed by atoms with E-state index in [4.69, 9.17) is 10.5 Å². The highest BCUT2D eigenvalue weighted by molar-refractivity contribution is 5.29. The SMILES string of the molecule is N[C@@H](CC1CC1)c1ccc(OCc2ccccc2)cc1. The lowest BCUT2D eigenvalue weighted by atomic mass is 10.0. The Morgan fingerprint density at radius 3 is 2.35 bits per heavy atom. The van der Waals surface area contributed by atoms with Crippen LogP contribution in [0.25, 0.3) is 0 Å². The molecule has 0 spiro atoms. The number of rotatable bonds is 6. The Kier molecular flexibility index (Phi) is 4.03. The molecule has 0 amide bonds. The Morgan fingerprint density at radius 1 is 1.00 bits per heavy atom. The van der Waals surface area contributed by atoms with Crippen molar-refractivity contribution in [1.29, 1.82) is 0 Å². The van der Waals surface area contributed by atoms with Crippen molar-refractivity contribution in [1.82, 2.24) is 0 Å².